The number of hydrogen-bond acceptors (Lipinski definition) is 5. The van der Waals surface area contributed by atoms with Crippen molar-refractivity contribution in [3.05, 3.63) is 58.4 Å². The van der Waals surface area contributed by atoms with Crippen molar-refractivity contribution in [2.45, 2.75) is 26.1 Å². The summed E-state index contributed by atoms with van der Waals surface area (Å²) in [5, 5.41) is 8.91. The van der Waals surface area contributed by atoms with Crippen LogP contribution < -0.4 is 20.9 Å². The highest BCUT2D eigenvalue weighted by molar-refractivity contribution is 6.31. The molecule has 0 radical (unpaired) electrons. The van der Waals surface area contributed by atoms with Gasteiger partial charge in [0, 0.05) is 64.3 Å². The molecule has 2 amide bonds. The Morgan fingerprint density at radius 2 is 1.76 bits per heavy atom. The number of halogens is 5. The smallest absolute Gasteiger partial charge is 0.367 e. The van der Waals surface area contributed by atoms with Gasteiger partial charge in [-0.15, -0.1) is 0 Å². The van der Waals surface area contributed by atoms with Crippen molar-refractivity contribution in [2.75, 3.05) is 56.0 Å². The predicted molar refractivity (Wildman–Crippen MR) is 136 cm³/mol. The third-order valence-electron chi connectivity index (χ3n) is 5.92. The van der Waals surface area contributed by atoms with Gasteiger partial charge < -0.3 is 20.9 Å². The molecule has 0 aromatic heterocycles. The first-order valence-corrected chi connectivity index (χ1v) is 12.3. The molecule has 1 heterocycles. The number of rotatable bonds is 10. The largest absolute Gasteiger partial charge is 0.390 e. The SMILES string of the molecule is CC(=O)NCCNCc1ccc(C(=O)Nc2ccc(Cl)cc2N2CCN(CCC(F)(F)F)CC2)c(F)c1. The Balaban J connectivity index is 1.61. The molecule has 0 bridgehead atoms. The molecular formula is C25H30ClF4N5O2. The van der Waals surface area contributed by atoms with Crippen LogP contribution in [-0.2, 0) is 11.3 Å². The van der Waals surface area contributed by atoms with Crippen LogP contribution in [0.25, 0.3) is 0 Å². The Labute approximate surface area is 218 Å². The van der Waals surface area contributed by atoms with Crippen molar-refractivity contribution in [3.8, 4) is 0 Å². The van der Waals surface area contributed by atoms with E-state index in [0.29, 0.717) is 67.8 Å². The first-order chi connectivity index (χ1) is 17.5. The molecule has 37 heavy (non-hydrogen) atoms. The summed E-state index contributed by atoms with van der Waals surface area (Å²) in [6.07, 6.45) is -5.05. The Kier molecular flexibility index (Phi) is 10.1. The summed E-state index contributed by atoms with van der Waals surface area (Å²) >= 11 is 6.18. The number of alkyl halides is 3. The van der Waals surface area contributed by atoms with Crippen molar-refractivity contribution >= 4 is 34.8 Å². The molecule has 1 saturated heterocycles. The van der Waals surface area contributed by atoms with Crippen molar-refractivity contribution in [2.24, 2.45) is 0 Å². The van der Waals surface area contributed by atoms with E-state index in [1.807, 2.05) is 4.90 Å². The summed E-state index contributed by atoms with van der Waals surface area (Å²) in [7, 11) is 0. The minimum absolute atomic E-state index is 0.0590. The number of amides is 2. The number of nitrogens with zero attached hydrogens (tertiary/aromatic N) is 2. The monoisotopic (exact) mass is 543 g/mol. The highest BCUT2D eigenvalue weighted by Crippen LogP contribution is 2.31. The normalized spacial score (nSPS) is 14.5. The molecule has 1 aliphatic rings. The van der Waals surface area contributed by atoms with E-state index >= 15 is 0 Å². The Bertz CT molecular complexity index is 1090. The number of hydrogen-bond donors (Lipinski definition) is 3. The van der Waals surface area contributed by atoms with Gasteiger partial charge >= 0.3 is 6.18 Å². The molecule has 12 heteroatoms. The highest BCUT2D eigenvalue weighted by atomic mass is 35.5. The molecule has 0 aliphatic carbocycles. The maximum Gasteiger partial charge on any atom is 0.390 e. The van der Waals surface area contributed by atoms with E-state index < -0.39 is 24.3 Å². The minimum atomic E-state index is -4.20. The highest BCUT2D eigenvalue weighted by Gasteiger charge is 2.29. The molecule has 0 atom stereocenters. The second kappa shape index (κ2) is 13.1. The van der Waals surface area contributed by atoms with Crippen molar-refractivity contribution in [1.82, 2.24) is 15.5 Å². The molecule has 3 rings (SSSR count). The number of piperazine rings is 1. The van der Waals surface area contributed by atoms with Crippen LogP contribution in [0.1, 0.15) is 29.3 Å². The maximum atomic E-state index is 14.7. The van der Waals surface area contributed by atoms with Crippen LogP contribution >= 0.6 is 11.6 Å². The zero-order valence-electron chi connectivity index (χ0n) is 20.4. The van der Waals surface area contributed by atoms with E-state index in [-0.39, 0.29) is 18.0 Å². The lowest BCUT2D eigenvalue weighted by molar-refractivity contribution is -0.138. The zero-order valence-corrected chi connectivity index (χ0v) is 21.2. The average Bonchev–Trinajstić information content (AvgIpc) is 2.83. The first-order valence-electron chi connectivity index (χ1n) is 11.9. The molecule has 2 aromatic carbocycles. The van der Waals surface area contributed by atoms with Gasteiger partial charge in [-0.1, -0.05) is 17.7 Å². The van der Waals surface area contributed by atoms with E-state index in [0.717, 1.165) is 0 Å². The fraction of sp³-hybridized carbons (Fsp3) is 0.440. The van der Waals surface area contributed by atoms with Crippen molar-refractivity contribution in [3.63, 3.8) is 0 Å². The van der Waals surface area contributed by atoms with Gasteiger partial charge in [0.1, 0.15) is 5.82 Å². The van der Waals surface area contributed by atoms with Gasteiger partial charge in [-0.2, -0.15) is 13.2 Å². The number of carbonyl (C=O) groups excluding carboxylic acids is 2. The third-order valence-corrected chi connectivity index (χ3v) is 6.15. The summed E-state index contributed by atoms with van der Waals surface area (Å²) in [6.45, 7) is 4.48. The standard InChI is InChI=1S/C25H30ClF4N5O2/c1-17(36)32-8-7-31-16-18-2-4-20(21(27)14-18)24(37)33-22-5-3-19(26)15-23(22)35-12-10-34(11-13-35)9-6-25(28,29)30/h2-5,14-15,31H,6-13,16H2,1H3,(H,32,36)(H,33,37). The van der Waals surface area contributed by atoms with E-state index in [1.54, 1.807) is 29.2 Å². The summed E-state index contributed by atoms with van der Waals surface area (Å²) in [5.41, 5.74) is 1.57. The molecule has 1 aliphatic heterocycles. The van der Waals surface area contributed by atoms with Crippen molar-refractivity contribution < 1.29 is 27.2 Å². The third kappa shape index (κ3) is 9.17. The molecule has 3 N–H and O–H groups in total. The topological polar surface area (TPSA) is 76.7 Å². The molecule has 0 spiro atoms. The molecule has 2 aromatic rings. The van der Waals surface area contributed by atoms with Crippen LogP contribution in [0.4, 0.5) is 28.9 Å². The van der Waals surface area contributed by atoms with Crippen LogP contribution in [0.3, 0.4) is 0 Å². The van der Waals surface area contributed by atoms with E-state index in [4.69, 9.17) is 11.6 Å². The van der Waals surface area contributed by atoms with E-state index in [1.165, 1.54) is 19.1 Å². The first kappa shape index (κ1) is 28.7. The number of nitrogens with one attached hydrogen (secondary N) is 3. The van der Waals surface area contributed by atoms with Crippen LogP contribution in [0.5, 0.6) is 0 Å². The van der Waals surface area contributed by atoms with Gasteiger partial charge in [-0.05, 0) is 35.9 Å². The predicted octanol–water partition coefficient (Wildman–Crippen LogP) is 4.03. The molecule has 0 unspecified atom stereocenters. The lowest BCUT2D eigenvalue weighted by Crippen LogP contribution is -2.47. The Hall–Kier alpha value is -2.89. The summed E-state index contributed by atoms with van der Waals surface area (Å²) in [4.78, 5) is 27.5. The maximum absolute atomic E-state index is 14.7. The molecule has 7 nitrogen and oxygen atoms in total. The molecule has 1 fully saturated rings. The Morgan fingerprint density at radius 3 is 2.41 bits per heavy atom. The van der Waals surface area contributed by atoms with Gasteiger partial charge in [0.05, 0.1) is 23.4 Å². The fourth-order valence-corrected chi connectivity index (χ4v) is 4.14. The van der Waals surface area contributed by atoms with E-state index in [9.17, 15) is 27.2 Å². The van der Waals surface area contributed by atoms with Gasteiger partial charge in [0.2, 0.25) is 5.91 Å². The Morgan fingerprint density at radius 1 is 1.03 bits per heavy atom. The van der Waals surface area contributed by atoms with Crippen molar-refractivity contribution in [1.29, 1.82) is 0 Å². The van der Waals surface area contributed by atoms with Gasteiger partial charge in [0.15, 0.2) is 0 Å². The lowest BCUT2D eigenvalue weighted by Gasteiger charge is -2.37. The average molecular weight is 544 g/mol. The summed E-state index contributed by atoms with van der Waals surface area (Å²) < 4.78 is 52.3. The number of carbonyl (C=O) groups is 2. The lowest BCUT2D eigenvalue weighted by atomic mass is 10.1. The van der Waals surface area contributed by atoms with E-state index in [2.05, 4.69) is 16.0 Å². The number of anilines is 2. The van der Waals surface area contributed by atoms with Crippen LogP contribution in [0, 0.1) is 5.82 Å². The molecule has 202 valence electrons. The van der Waals surface area contributed by atoms with Gasteiger partial charge in [-0.25, -0.2) is 4.39 Å². The fourth-order valence-electron chi connectivity index (χ4n) is 3.97. The second-order valence-corrected chi connectivity index (χ2v) is 9.22. The quantitative estimate of drug-likeness (QED) is 0.312. The summed E-state index contributed by atoms with van der Waals surface area (Å²) in [5.74, 6) is -1.43. The van der Waals surface area contributed by atoms with Gasteiger partial charge in [-0.3, -0.25) is 14.5 Å². The van der Waals surface area contributed by atoms with Crippen LogP contribution in [0.2, 0.25) is 5.02 Å². The molecular weight excluding hydrogens is 514 g/mol. The van der Waals surface area contributed by atoms with Crippen LogP contribution in [0.15, 0.2) is 36.4 Å². The second-order valence-electron chi connectivity index (χ2n) is 8.78. The minimum Gasteiger partial charge on any atom is -0.367 e. The summed E-state index contributed by atoms with van der Waals surface area (Å²) in [6, 6.07) is 9.23. The number of benzene rings is 2. The molecule has 0 saturated carbocycles. The zero-order chi connectivity index (χ0) is 27.0. The van der Waals surface area contributed by atoms with Gasteiger partial charge in [0.25, 0.3) is 5.91 Å². The van der Waals surface area contributed by atoms with Crippen LogP contribution in [-0.4, -0.2) is 68.7 Å².